The van der Waals surface area contributed by atoms with Crippen molar-refractivity contribution < 1.29 is 23.8 Å². The minimum Gasteiger partial charge on any atom is -0.493 e. The van der Waals surface area contributed by atoms with Crippen LogP contribution in [0.25, 0.3) is 6.08 Å². The summed E-state index contributed by atoms with van der Waals surface area (Å²) < 4.78 is 16.5. The Morgan fingerprint density at radius 1 is 0.805 bits per heavy atom. The molecular weight excluding hydrogens is 516 g/mol. The van der Waals surface area contributed by atoms with Gasteiger partial charge in [-0.15, -0.1) is 0 Å². The maximum absolute atomic E-state index is 13.9. The normalized spacial score (nSPS) is 12.6. The predicted octanol–water partition coefficient (Wildman–Crippen LogP) is 5.11. The molecule has 0 aliphatic carbocycles. The van der Waals surface area contributed by atoms with Crippen molar-refractivity contribution in [2.75, 3.05) is 20.8 Å². The van der Waals surface area contributed by atoms with Gasteiger partial charge in [0.05, 0.1) is 33.5 Å². The minimum atomic E-state index is -2.00. The zero-order chi connectivity index (χ0) is 29.1. The van der Waals surface area contributed by atoms with Gasteiger partial charge in [0, 0.05) is 0 Å². The summed E-state index contributed by atoms with van der Waals surface area (Å²) in [7, 11) is 3.08. The lowest BCUT2D eigenvalue weighted by Crippen LogP contribution is -2.62. The predicted molar refractivity (Wildman–Crippen MR) is 159 cm³/mol. The topological polar surface area (TPSA) is 99.9 Å². The molecule has 41 heavy (non-hydrogen) atoms. The number of nitrogens with one attached hydrogen (secondary N) is 1. The molecule has 7 nitrogen and oxygen atoms in total. The second-order valence-electron chi connectivity index (χ2n) is 9.49. The first-order chi connectivity index (χ1) is 19.9. The number of methoxy groups -OCH3 is 2. The molecule has 1 atom stereocenters. The molecule has 0 heterocycles. The van der Waals surface area contributed by atoms with Crippen LogP contribution < -0.4 is 20.5 Å². The number of amides is 1. The zero-order valence-corrected chi connectivity index (χ0v) is 23.2. The van der Waals surface area contributed by atoms with E-state index in [1.165, 1.54) is 13.2 Å². The summed E-state index contributed by atoms with van der Waals surface area (Å²) in [5.41, 5.74) is 7.92. The highest BCUT2D eigenvalue weighted by molar-refractivity contribution is 6.16. The van der Waals surface area contributed by atoms with Crippen molar-refractivity contribution >= 4 is 17.8 Å². The summed E-state index contributed by atoms with van der Waals surface area (Å²) in [6.45, 7) is -0.125. The monoisotopic (exact) mass is 550 g/mol. The van der Waals surface area contributed by atoms with E-state index < -0.39 is 23.3 Å². The summed E-state index contributed by atoms with van der Waals surface area (Å²) in [6.07, 6.45) is 2.88. The van der Waals surface area contributed by atoms with Gasteiger partial charge in [0.1, 0.15) is 0 Å². The minimum absolute atomic E-state index is 0.195. The smallest absolute Gasteiger partial charge is 0.251 e. The molecule has 0 aliphatic rings. The molecule has 1 amide bonds. The van der Waals surface area contributed by atoms with E-state index in [0.29, 0.717) is 17.1 Å². The number of ketones is 1. The number of hydrogen-bond donors (Lipinski definition) is 2. The molecule has 0 fully saturated rings. The van der Waals surface area contributed by atoms with Crippen LogP contribution in [0, 0.1) is 0 Å². The van der Waals surface area contributed by atoms with Gasteiger partial charge in [0.15, 0.2) is 22.8 Å². The van der Waals surface area contributed by atoms with E-state index in [4.69, 9.17) is 19.9 Å². The number of rotatable bonds is 13. The maximum Gasteiger partial charge on any atom is 0.251 e. The van der Waals surface area contributed by atoms with E-state index in [0.717, 1.165) is 16.7 Å². The van der Waals surface area contributed by atoms with Crippen LogP contribution in [-0.4, -0.2) is 38.1 Å². The van der Waals surface area contributed by atoms with Crippen LogP contribution >= 0.6 is 0 Å². The van der Waals surface area contributed by atoms with Gasteiger partial charge in [-0.05, 0) is 40.5 Å². The molecule has 4 aromatic carbocycles. The number of ether oxygens (including phenoxy) is 3. The third kappa shape index (κ3) is 7.48. The lowest BCUT2D eigenvalue weighted by atomic mass is 9.91. The van der Waals surface area contributed by atoms with E-state index in [1.54, 1.807) is 31.4 Å². The third-order valence-electron chi connectivity index (χ3n) is 6.66. The number of hydrogen-bond acceptors (Lipinski definition) is 6. The molecule has 0 saturated heterocycles. The Morgan fingerprint density at radius 3 is 1.93 bits per heavy atom. The second kappa shape index (κ2) is 14.1. The number of benzene rings is 4. The summed E-state index contributed by atoms with van der Waals surface area (Å²) in [5.74, 6) is -0.174. The van der Waals surface area contributed by atoms with E-state index in [1.807, 2.05) is 91.0 Å². The van der Waals surface area contributed by atoms with E-state index >= 15 is 0 Å². The lowest BCUT2D eigenvalue weighted by Gasteiger charge is -2.29. The number of carbonyl (C=O) groups is 2. The zero-order valence-electron chi connectivity index (χ0n) is 23.2. The molecule has 1 unspecified atom stereocenters. The summed E-state index contributed by atoms with van der Waals surface area (Å²) >= 11 is 0. The quantitative estimate of drug-likeness (QED) is 0.177. The molecule has 0 bridgehead atoms. The molecule has 4 aromatic rings. The highest BCUT2D eigenvalue weighted by Gasteiger charge is 2.42. The molecule has 0 aromatic heterocycles. The first-order valence-corrected chi connectivity index (χ1v) is 13.2. The first kappa shape index (κ1) is 29.3. The van der Waals surface area contributed by atoms with Crippen LogP contribution in [0.2, 0.25) is 0 Å². The van der Waals surface area contributed by atoms with Gasteiger partial charge in [-0.3, -0.25) is 9.59 Å². The van der Waals surface area contributed by atoms with Crippen molar-refractivity contribution in [3.8, 4) is 11.5 Å². The molecule has 0 radical (unpaired) electrons. The van der Waals surface area contributed by atoms with Gasteiger partial charge in [-0.25, -0.2) is 0 Å². The van der Waals surface area contributed by atoms with Crippen LogP contribution in [0.1, 0.15) is 28.3 Å². The lowest BCUT2D eigenvalue weighted by molar-refractivity contribution is -0.137. The molecule has 7 heteroatoms. The fourth-order valence-corrected chi connectivity index (χ4v) is 4.34. The Kier molecular flexibility index (Phi) is 10.0. The standard InChI is InChI=1S/C34H34N2O5/c1-39-29-20-18-25(22-30(29)40-2)19-21-31(37)34(35,24-41-23-26-12-6-3-7-13-26)33(38)36-32(27-14-8-4-9-15-27)28-16-10-5-11-17-28/h3-22,32H,23-24,35H2,1-2H3,(H,36,38)/b21-19+. The molecular formula is C34H34N2O5. The third-order valence-corrected chi connectivity index (χ3v) is 6.66. The Morgan fingerprint density at radius 2 is 1.37 bits per heavy atom. The van der Waals surface area contributed by atoms with E-state index in [9.17, 15) is 9.59 Å². The van der Waals surface area contributed by atoms with Gasteiger partial charge in [0.2, 0.25) is 0 Å². The molecule has 4 rings (SSSR count). The molecule has 210 valence electrons. The number of nitrogens with two attached hydrogens (primary N) is 1. The maximum atomic E-state index is 13.9. The fourth-order valence-electron chi connectivity index (χ4n) is 4.34. The Bertz CT molecular complexity index is 1420. The number of carbonyl (C=O) groups excluding carboxylic acids is 2. The highest BCUT2D eigenvalue weighted by Crippen LogP contribution is 2.28. The van der Waals surface area contributed by atoms with Crippen LogP contribution in [0.3, 0.4) is 0 Å². The second-order valence-corrected chi connectivity index (χ2v) is 9.49. The largest absolute Gasteiger partial charge is 0.493 e. The van der Waals surface area contributed by atoms with Crippen molar-refractivity contribution in [2.45, 2.75) is 18.2 Å². The molecule has 0 spiro atoms. The Balaban J connectivity index is 1.62. The average Bonchev–Trinajstić information content (AvgIpc) is 3.03. The SMILES string of the molecule is COc1ccc(/C=C/C(=O)C(N)(COCc2ccccc2)C(=O)NC(c2ccccc2)c2ccccc2)cc1OC. The van der Waals surface area contributed by atoms with Gasteiger partial charge in [-0.1, -0.05) is 103 Å². The van der Waals surface area contributed by atoms with Gasteiger partial charge in [0.25, 0.3) is 5.91 Å². The van der Waals surface area contributed by atoms with Crippen molar-refractivity contribution in [1.29, 1.82) is 0 Å². The summed E-state index contributed by atoms with van der Waals surface area (Å²) in [6, 6.07) is 33.3. The fraction of sp³-hybridized carbons (Fsp3) is 0.176. The van der Waals surface area contributed by atoms with E-state index in [2.05, 4.69) is 5.32 Å². The van der Waals surface area contributed by atoms with Crippen LogP contribution in [-0.2, 0) is 20.9 Å². The average molecular weight is 551 g/mol. The van der Waals surface area contributed by atoms with Crippen molar-refractivity contribution in [3.05, 3.63) is 138 Å². The first-order valence-electron chi connectivity index (χ1n) is 13.2. The molecule has 0 aliphatic heterocycles. The molecule has 0 saturated carbocycles. The van der Waals surface area contributed by atoms with Crippen LogP contribution in [0.15, 0.2) is 115 Å². The van der Waals surface area contributed by atoms with Crippen LogP contribution in [0.4, 0.5) is 0 Å². The van der Waals surface area contributed by atoms with Crippen molar-refractivity contribution in [1.82, 2.24) is 5.32 Å². The highest BCUT2D eigenvalue weighted by atomic mass is 16.5. The van der Waals surface area contributed by atoms with Crippen molar-refractivity contribution in [3.63, 3.8) is 0 Å². The van der Waals surface area contributed by atoms with Crippen LogP contribution in [0.5, 0.6) is 11.5 Å². The summed E-state index contributed by atoms with van der Waals surface area (Å²) in [5, 5.41) is 3.02. The van der Waals surface area contributed by atoms with Gasteiger partial charge < -0.3 is 25.3 Å². The Labute approximate surface area is 240 Å². The van der Waals surface area contributed by atoms with Gasteiger partial charge in [-0.2, -0.15) is 0 Å². The Hall–Kier alpha value is -4.72. The molecule has 3 N–H and O–H groups in total. The van der Waals surface area contributed by atoms with E-state index in [-0.39, 0.29) is 13.2 Å². The van der Waals surface area contributed by atoms with Gasteiger partial charge >= 0.3 is 0 Å². The summed E-state index contributed by atoms with van der Waals surface area (Å²) in [4.78, 5) is 27.5. The van der Waals surface area contributed by atoms with Crippen molar-refractivity contribution in [2.24, 2.45) is 5.73 Å².